The number of furan rings is 1. The van der Waals surface area contributed by atoms with E-state index < -0.39 is 10.0 Å². The number of sulfonamides is 1. The predicted molar refractivity (Wildman–Crippen MR) is 136 cm³/mol. The Bertz CT molecular complexity index is 1760. The van der Waals surface area contributed by atoms with Crippen molar-refractivity contribution in [1.82, 2.24) is 14.6 Å². The van der Waals surface area contributed by atoms with Crippen LogP contribution >= 0.6 is 11.3 Å². The van der Waals surface area contributed by atoms with E-state index >= 15 is 0 Å². The Morgan fingerprint density at radius 3 is 2.23 bits per heavy atom. The Labute approximate surface area is 205 Å². The minimum Gasteiger partial charge on any atom is -0.457 e. The van der Waals surface area contributed by atoms with Crippen molar-refractivity contribution in [2.45, 2.75) is 31.1 Å². The van der Waals surface area contributed by atoms with Crippen LogP contribution in [0, 0.1) is 0 Å². The average Bonchev–Trinajstić information content (AvgIpc) is 3.50. The number of aromatic nitrogens is 3. The van der Waals surface area contributed by atoms with Crippen LogP contribution in [0.25, 0.3) is 33.7 Å². The van der Waals surface area contributed by atoms with Crippen molar-refractivity contribution in [2.24, 2.45) is 5.14 Å². The fourth-order valence-corrected chi connectivity index (χ4v) is 5.00. The van der Waals surface area contributed by atoms with Crippen LogP contribution in [0.2, 0.25) is 0 Å². The van der Waals surface area contributed by atoms with Crippen molar-refractivity contribution in [1.29, 1.82) is 0 Å². The summed E-state index contributed by atoms with van der Waals surface area (Å²) in [5, 5.41) is 9.55. The lowest BCUT2D eigenvalue weighted by atomic mass is 9.87. The van der Waals surface area contributed by atoms with Crippen molar-refractivity contribution in [2.75, 3.05) is 0 Å². The molecule has 0 saturated heterocycles. The molecule has 0 spiro atoms. The number of primary sulfonamides is 1. The molecular weight excluding hydrogens is 484 g/mol. The molecule has 0 bridgehead atoms. The van der Waals surface area contributed by atoms with Crippen LogP contribution in [-0.4, -0.2) is 23.0 Å². The average molecular weight is 507 g/mol. The minimum atomic E-state index is -3.76. The van der Waals surface area contributed by atoms with E-state index in [-0.39, 0.29) is 15.9 Å². The standard InChI is InChI=1S/C25H22N4O4S2/c1-25(2,3)17-8-4-16(5-9-17)22-27-24-29(28-22)23(30)21(34-24)14-18-10-13-20(33-18)15-6-11-19(12-7-15)35(26,31)32/h4-14H,1-3H3,(H2,26,31,32)/b21-14-. The first kappa shape index (κ1) is 23.2. The molecule has 0 unspecified atom stereocenters. The fraction of sp³-hybridized carbons (Fsp3) is 0.160. The topological polar surface area (TPSA) is 121 Å². The smallest absolute Gasteiger partial charge is 0.291 e. The minimum absolute atomic E-state index is 0.0227. The summed E-state index contributed by atoms with van der Waals surface area (Å²) < 4.78 is 30.5. The molecule has 2 aromatic carbocycles. The molecule has 10 heteroatoms. The summed E-state index contributed by atoms with van der Waals surface area (Å²) in [5.41, 5.74) is 2.52. The molecule has 0 aliphatic heterocycles. The summed E-state index contributed by atoms with van der Waals surface area (Å²) in [4.78, 5) is 18.0. The molecule has 0 radical (unpaired) electrons. The number of hydrogen-bond donors (Lipinski definition) is 1. The Hall–Kier alpha value is -3.60. The number of benzene rings is 2. The van der Waals surface area contributed by atoms with Gasteiger partial charge < -0.3 is 4.42 Å². The Morgan fingerprint density at radius 1 is 0.971 bits per heavy atom. The lowest BCUT2D eigenvalue weighted by molar-refractivity contribution is 0.571. The van der Waals surface area contributed by atoms with Crippen molar-refractivity contribution >= 4 is 32.4 Å². The highest BCUT2D eigenvalue weighted by Gasteiger charge is 2.16. The van der Waals surface area contributed by atoms with Crippen LogP contribution in [-0.2, 0) is 15.4 Å². The molecule has 35 heavy (non-hydrogen) atoms. The van der Waals surface area contributed by atoms with Crippen molar-refractivity contribution in [3.63, 3.8) is 0 Å². The third-order valence-corrected chi connectivity index (χ3v) is 7.45. The van der Waals surface area contributed by atoms with Gasteiger partial charge in [-0.05, 0) is 47.4 Å². The zero-order chi connectivity index (χ0) is 25.0. The second kappa shape index (κ2) is 8.26. The Kier molecular flexibility index (Phi) is 5.47. The summed E-state index contributed by atoms with van der Waals surface area (Å²) in [7, 11) is -3.76. The van der Waals surface area contributed by atoms with Gasteiger partial charge in [0.05, 0.1) is 4.90 Å². The number of hydrogen-bond acceptors (Lipinski definition) is 7. The van der Waals surface area contributed by atoms with Crippen molar-refractivity contribution in [3.8, 4) is 22.7 Å². The molecule has 0 fully saturated rings. The Balaban J connectivity index is 1.43. The SMILES string of the molecule is CC(C)(C)c1ccc(-c2nc3s/c(=C\c4ccc(-c5ccc(S(N)(=O)=O)cc5)o4)c(=O)n3n2)cc1. The number of nitrogens with two attached hydrogens (primary N) is 1. The molecule has 0 atom stereocenters. The van der Waals surface area contributed by atoms with Gasteiger partial charge in [-0.3, -0.25) is 4.79 Å². The molecule has 5 rings (SSSR count). The first-order valence-corrected chi connectivity index (χ1v) is 13.1. The number of fused-ring (bicyclic) bond motifs is 1. The van der Waals surface area contributed by atoms with Crippen LogP contribution in [0.5, 0.6) is 0 Å². The van der Waals surface area contributed by atoms with Gasteiger partial charge in [0.25, 0.3) is 5.56 Å². The van der Waals surface area contributed by atoms with E-state index in [9.17, 15) is 13.2 Å². The van der Waals surface area contributed by atoms with E-state index in [0.717, 1.165) is 5.56 Å². The van der Waals surface area contributed by atoms with Crippen LogP contribution in [0.15, 0.2) is 74.8 Å². The van der Waals surface area contributed by atoms with Crippen molar-refractivity contribution in [3.05, 3.63) is 86.9 Å². The number of nitrogens with zero attached hydrogens (tertiary/aromatic N) is 3. The summed E-state index contributed by atoms with van der Waals surface area (Å²) in [6, 6.07) is 17.6. The highest BCUT2D eigenvalue weighted by Crippen LogP contribution is 2.26. The maximum Gasteiger partial charge on any atom is 0.291 e. The van der Waals surface area contributed by atoms with Gasteiger partial charge in [-0.15, -0.1) is 5.10 Å². The van der Waals surface area contributed by atoms with Crippen LogP contribution < -0.4 is 15.2 Å². The highest BCUT2D eigenvalue weighted by molar-refractivity contribution is 7.89. The summed E-state index contributed by atoms with van der Waals surface area (Å²) in [6.07, 6.45) is 1.64. The molecule has 0 saturated carbocycles. The maximum atomic E-state index is 12.9. The number of thiazole rings is 1. The highest BCUT2D eigenvalue weighted by atomic mass is 32.2. The van der Waals surface area contributed by atoms with E-state index in [4.69, 9.17) is 9.56 Å². The van der Waals surface area contributed by atoms with Gasteiger partial charge in [-0.2, -0.15) is 9.50 Å². The second-order valence-electron chi connectivity index (χ2n) is 9.14. The predicted octanol–water partition coefficient (Wildman–Crippen LogP) is 3.57. The Morgan fingerprint density at radius 2 is 1.63 bits per heavy atom. The molecule has 8 nitrogen and oxygen atoms in total. The lowest BCUT2D eigenvalue weighted by Crippen LogP contribution is -2.23. The van der Waals surface area contributed by atoms with Gasteiger partial charge >= 0.3 is 0 Å². The van der Waals surface area contributed by atoms with E-state index in [2.05, 4.69) is 43.0 Å². The van der Waals surface area contributed by atoms with Gasteiger partial charge in [0, 0.05) is 17.2 Å². The molecule has 0 amide bonds. The lowest BCUT2D eigenvalue weighted by Gasteiger charge is -2.18. The zero-order valence-electron chi connectivity index (χ0n) is 19.2. The molecule has 5 aromatic rings. The van der Waals surface area contributed by atoms with Gasteiger partial charge in [-0.1, -0.05) is 56.4 Å². The van der Waals surface area contributed by atoms with E-state index in [0.29, 0.717) is 32.4 Å². The zero-order valence-corrected chi connectivity index (χ0v) is 20.9. The molecular formula is C25H22N4O4S2. The summed E-state index contributed by atoms with van der Waals surface area (Å²) >= 11 is 1.23. The monoisotopic (exact) mass is 506 g/mol. The molecule has 2 N–H and O–H groups in total. The molecule has 178 valence electrons. The van der Waals surface area contributed by atoms with Crippen LogP contribution in [0.1, 0.15) is 32.1 Å². The van der Waals surface area contributed by atoms with E-state index in [1.807, 2.05) is 12.1 Å². The first-order valence-electron chi connectivity index (χ1n) is 10.7. The third kappa shape index (κ3) is 4.55. The fourth-order valence-electron chi connectivity index (χ4n) is 3.60. The largest absolute Gasteiger partial charge is 0.457 e. The van der Waals surface area contributed by atoms with Gasteiger partial charge in [-0.25, -0.2) is 13.6 Å². The molecule has 0 aliphatic rings. The van der Waals surface area contributed by atoms with Crippen molar-refractivity contribution < 1.29 is 12.8 Å². The van der Waals surface area contributed by atoms with Gasteiger partial charge in [0.15, 0.2) is 5.82 Å². The summed E-state index contributed by atoms with van der Waals surface area (Å²) in [6.45, 7) is 6.46. The molecule has 3 heterocycles. The van der Waals surface area contributed by atoms with Gasteiger partial charge in [0.2, 0.25) is 15.0 Å². The maximum absolute atomic E-state index is 12.9. The second-order valence-corrected chi connectivity index (χ2v) is 11.7. The number of rotatable bonds is 4. The molecule has 3 aromatic heterocycles. The quantitative estimate of drug-likeness (QED) is 0.398. The van der Waals surface area contributed by atoms with E-state index in [1.54, 1.807) is 30.3 Å². The molecule has 0 aliphatic carbocycles. The van der Waals surface area contributed by atoms with Gasteiger partial charge in [0.1, 0.15) is 16.1 Å². The van der Waals surface area contributed by atoms with Crippen LogP contribution in [0.4, 0.5) is 0 Å². The summed E-state index contributed by atoms with van der Waals surface area (Å²) in [5.74, 6) is 1.52. The third-order valence-electron chi connectivity index (χ3n) is 5.56. The normalized spacial score (nSPS) is 13.1. The van der Waals surface area contributed by atoms with E-state index in [1.165, 1.54) is 33.5 Å². The van der Waals surface area contributed by atoms with Crippen LogP contribution in [0.3, 0.4) is 0 Å². The first-order chi connectivity index (χ1) is 16.5.